The molecule has 10 heteroatoms. The van der Waals surface area contributed by atoms with Gasteiger partial charge in [-0.25, -0.2) is 19.9 Å². The van der Waals surface area contributed by atoms with Crippen LogP contribution < -0.4 is 11.5 Å². The van der Waals surface area contributed by atoms with Crippen molar-refractivity contribution in [2.75, 3.05) is 11.5 Å². The van der Waals surface area contributed by atoms with Gasteiger partial charge in [-0.1, -0.05) is 0 Å². The van der Waals surface area contributed by atoms with Crippen molar-refractivity contribution >= 4 is 33.2 Å². The Bertz CT molecular complexity index is 1220. The van der Waals surface area contributed by atoms with Crippen LogP contribution in [0.5, 0.6) is 0 Å². The van der Waals surface area contributed by atoms with Crippen LogP contribution in [-0.2, 0) is 0 Å². The SMILES string of the molecule is Nc1c(N)c2ccc(-c3nccnn3)nc2c2nc(-c3nccnn3)ccc12. The Morgan fingerprint density at radius 2 is 1.04 bits per heavy atom. The van der Waals surface area contributed by atoms with Crippen LogP contribution in [0.1, 0.15) is 0 Å². The molecule has 0 fully saturated rings. The number of benzene rings is 1. The average molecular weight is 368 g/mol. The molecule has 0 amide bonds. The summed E-state index contributed by atoms with van der Waals surface area (Å²) in [5.74, 6) is 0.805. The van der Waals surface area contributed by atoms with E-state index in [1.165, 1.54) is 12.4 Å². The van der Waals surface area contributed by atoms with Crippen LogP contribution >= 0.6 is 0 Å². The van der Waals surface area contributed by atoms with Gasteiger partial charge >= 0.3 is 0 Å². The molecule has 4 heterocycles. The van der Waals surface area contributed by atoms with Crippen molar-refractivity contribution in [3.05, 3.63) is 49.1 Å². The molecule has 0 aliphatic carbocycles. The number of pyridine rings is 2. The summed E-state index contributed by atoms with van der Waals surface area (Å²) in [5.41, 5.74) is 15.7. The molecule has 134 valence electrons. The van der Waals surface area contributed by atoms with Gasteiger partial charge in [0.2, 0.25) is 0 Å². The quantitative estimate of drug-likeness (QED) is 0.267. The van der Waals surface area contributed by atoms with E-state index in [9.17, 15) is 0 Å². The molecule has 10 nitrogen and oxygen atoms in total. The molecule has 0 aliphatic rings. The maximum Gasteiger partial charge on any atom is 0.200 e. The number of aromatic nitrogens is 8. The molecular weight excluding hydrogens is 356 g/mol. The first-order valence-electron chi connectivity index (χ1n) is 8.29. The van der Waals surface area contributed by atoms with E-state index in [4.69, 9.17) is 21.4 Å². The Balaban J connectivity index is 1.84. The van der Waals surface area contributed by atoms with Crippen molar-refractivity contribution in [2.45, 2.75) is 0 Å². The lowest BCUT2D eigenvalue weighted by molar-refractivity contribution is 0.971. The van der Waals surface area contributed by atoms with Gasteiger partial charge < -0.3 is 11.5 Å². The highest BCUT2D eigenvalue weighted by atomic mass is 15.2. The minimum absolute atomic E-state index is 0.402. The Morgan fingerprint density at radius 1 is 0.571 bits per heavy atom. The van der Waals surface area contributed by atoms with Crippen LogP contribution in [-0.4, -0.2) is 40.3 Å². The Morgan fingerprint density at radius 3 is 1.43 bits per heavy atom. The lowest BCUT2D eigenvalue weighted by Gasteiger charge is -2.12. The third-order valence-electron chi connectivity index (χ3n) is 4.31. The normalized spacial score (nSPS) is 11.1. The molecule has 28 heavy (non-hydrogen) atoms. The molecular formula is C18H12N10. The first-order valence-corrected chi connectivity index (χ1v) is 8.29. The highest BCUT2D eigenvalue weighted by molar-refractivity contribution is 6.16. The van der Waals surface area contributed by atoms with Gasteiger partial charge in [-0.3, -0.25) is 0 Å². The van der Waals surface area contributed by atoms with E-state index in [1.54, 1.807) is 24.5 Å². The maximum atomic E-state index is 6.25. The van der Waals surface area contributed by atoms with Crippen molar-refractivity contribution in [2.24, 2.45) is 0 Å². The molecule has 0 unspecified atom stereocenters. The fourth-order valence-electron chi connectivity index (χ4n) is 2.98. The summed E-state index contributed by atoms with van der Waals surface area (Å²) in [7, 11) is 0. The minimum Gasteiger partial charge on any atom is -0.396 e. The predicted molar refractivity (Wildman–Crippen MR) is 104 cm³/mol. The number of nitrogens with two attached hydrogens (primary N) is 2. The van der Waals surface area contributed by atoms with Crippen LogP contribution in [0.3, 0.4) is 0 Å². The van der Waals surface area contributed by atoms with Gasteiger partial charge in [0, 0.05) is 23.2 Å². The number of hydrogen-bond donors (Lipinski definition) is 2. The van der Waals surface area contributed by atoms with Crippen molar-refractivity contribution < 1.29 is 0 Å². The van der Waals surface area contributed by atoms with Gasteiger partial charge in [0.1, 0.15) is 11.4 Å². The first kappa shape index (κ1) is 15.9. The Kier molecular flexibility index (Phi) is 3.47. The standard InChI is InChI=1S/C18H12N10/c19-13-9-1-3-11(17-21-5-7-23-27-17)25-15(9)16-10(14(13)20)2-4-12(26-16)18-22-6-8-24-28-18/h1-8H,19-20H2. The van der Waals surface area contributed by atoms with E-state index in [0.717, 1.165) is 0 Å². The van der Waals surface area contributed by atoms with Crippen molar-refractivity contribution in [1.82, 2.24) is 40.3 Å². The van der Waals surface area contributed by atoms with Crippen molar-refractivity contribution in [3.63, 3.8) is 0 Å². The number of fused-ring (bicyclic) bond motifs is 3. The molecule has 4 aromatic heterocycles. The van der Waals surface area contributed by atoms with E-state index in [0.29, 0.717) is 56.2 Å². The molecule has 0 radical (unpaired) electrons. The largest absolute Gasteiger partial charge is 0.396 e. The number of hydrogen-bond acceptors (Lipinski definition) is 10. The third-order valence-corrected chi connectivity index (χ3v) is 4.31. The van der Waals surface area contributed by atoms with Crippen molar-refractivity contribution in [3.8, 4) is 23.0 Å². The highest BCUT2D eigenvalue weighted by Gasteiger charge is 2.16. The molecule has 4 N–H and O–H groups in total. The maximum absolute atomic E-state index is 6.25. The summed E-state index contributed by atoms with van der Waals surface area (Å²) in [6.45, 7) is 0. The topological polar surface area (TPSA) is 155 Å². The molecule has 0 aliphatic heterocycles. The summed E-state index contributed by atoms with van der Waals surface area (Å²) < 4.78 is 0. The Labute approximate surface area is 157 Å². The van der Waals surface area contributed by atoms with Crippen molar-refractivity contribution in [1.29, 1.82) is 0 Å². The molecule has 1 aromatic carbocycles. The third kappa shape index (κ3) is 2.43. The van der Waals surface area contributed by atoms with Crippen LogP contribution in [0.2, 0.25) is 0 Å². The summed E-state index contributed by atoms with van der Waals surface area (Å²) in [5, 5.41) is 17.1. The number of rotatable bonds is 2. The van der Waals surface area contributed by atoms with E-state index >= 15 is 0 Å². The van der Waals surface area contributed by atoms with E-state index in [2.05, 4.69) is 30.4 Å². The molecule has 5 aromatic rings. The zero-order chi connectivity index (χ0) is 19.1. The zero-order valence-electron chi connectivity index (χ0n) is 14.4. The molecule has 0 bridgehead atoms. The summed E-state index contributed by atoms with van der Waals surface area (Å²) in [4.78, 5) is 17.8. The lowest BCUT2D eigenvalue weighted by atomic mass is 10.0. The number of anilines is 2. The van der Waals surface area contributed by atoms with Crippen LogP contribution in [0.25, 0.3) is 44.8 Å². The molecule has 0 spiro atoms. The summed E-state index contributed by atoms with van der Waals surface area (Å²) >= 11 is 0. The number of nitrogen functional groups attached to an aromatic ring is 2. The zero-order valence-corrected chi connectivity index (χ0v) is 14.4. The highest BCUT2D eigenvalue weighted by Crippen LogP contribution is 2.36. The minimum atomic E-state index is 0.402. The second kappa shape index (κ2) is 6.13. The summed E-state index contributed by atoms with van der Waals surface area (Å²) in [6.07, 6.45) is 6.11. The smallest absolute Gasteiger partial charge is 0.200 e. The number of nitrogens with zero attached hydrogens (tertiary/aromatic N) is 8. The van der Waals surface area contributed by atoms with E-state index < -0.39 is 0 Å². The molecule has 0 saturated carbocycles. The van der Waals surface area contributed by atoms with E-state index in [1.807, 2.05) is 12.1 Å². The van der Waals surface area contributed by atoms with Crippen LogP contribution in [0.4, 0.5) is 11.4 Å². The summed E-state index contributed by atoms with van der Waals surface area (Å²) in [6, 6.07) is 7.20. The fourth-order valence-corrected chi connectivity index (χ4v) is 2.98. The van der Waals surface area contributed by atoms with Crippen LogP contribution in [0.15, 0.2) is 49.1 Å². The van der Waals surface area contributed by atoms with Gasteiger partial charge in [-0.15, -0.1) is 10.2 Å². The van der Waals surface area contributed by atoms with Gasteiger partial charge in [-0.05, 0) is 24.3 Å². The first-order chi connectivity index (χ1) is 13.7. The fraction of sp³-hybridized carbons (Fsp3) is 0. The second-order valence-corrected chi connectivity index (χ2v) is 5.95. The van der Waals surface area contributed by atoms with Gasteiger partial charge in [0.15, 0.2) is 11.6 Å². The van der Waals surface area contributed by atoms with Gasteiger partial charge in [0.05, 0.1) is 34.8 Å². The van der Waals surface area contributed by atoms with Crippen LogP contribution in [0, 0.1) is 0 Å². The molecule has 5 rings (SSSR count). The van der Waals surface area contributed by atoms with Gasteiger partial charge in [0.25, 0.3) is 0 Å². The average Bonchev–Trinajstić information content (AvgIpc) is 2.78. The Hall–Kier alpha value is -4.34. The van der Waals surface area contributed by atoms with E-state index in [-0.39, 0.29) is 0 Å². The second-order valence-electron chi connectivity index (χ2n) is 5.95. The molecule has 0 atom stereocenters. The predicted octanol–water partition coefficient (Wildman–Crippen LogP) is 1.65. The monoisotopic (exact) mass is 368 g/mol. The molecule has 0 saturated heterocycles. The van der Waals surface area contributed by atoms with Gasteiger partial charge in [-0.2, -0.15) is 10.2 Å². The lowest BCUT2D eigenvalue weighted by Crippen LogP contribution is -2.02.